The van der Waals surface area contributed by atoms with Gasteiger partial charge in [0.05, 0.1) is 0 Å². The second-order valence-corrected chi connectivity index (χ2v) is 13.8. The Balaban J connectivity index is 1.14. The number of rotatable bonds is 12. The number of halogens is 2. The predicted molar refractivity (Wildman–Crippen MR) is 196 cm³/mol. The first kappa shape index (κ1) is 37.3. The molecule has 12 nitrogen and oxygen atoms in total. The molecule has 0 spiro atoms. The van der Waals surface area contributed by atoms with Gasteiger partial charge in [-0.25, -0.2) is 13.8 Å². The molecule has 14 heteroatoms. The number of amides is 4. The van der Waals surface area contributed by atoms with Crippen molar-refractivity contribution in [3.63, 3.8) is 0 Å². The second-order valence-electron chi connectivity index (χ2n) is 13.8. The van der Waals surface area contributed by atoms with Gasteiger partial charge in [-0.1, -0.05) is 30.3 Å². The number of alkyl halides is 2. The molecular formula is C39H44F2N8O4. The summed E-state index contributed by atoms with van der Waals surface area (Å²) >= 11 is 0. The van der Waals surface area contributed by atoms with Crippen LogP contribution in [0.15, 0.2) is 66.7 Å². The van der Waals surface area contributed by atoms with Crippen LogP contribution in [0.3, 0.4) is 0 Å². The normalized spacial score (nSPS) is 19.3. The molecule has 1 saturated heterocycles. The Morgan fingerprint density at radius 1 is 0.943 bits per heavy atom. The fraction of sp³-hybridized carbons (Fsp3) is 0.385. The summed E-state index contributed by atoms with van der Waals surface area (Å²) in [5, 5.41) is 17.5. The smallest absolute Gasteiger partial charge is 0.299 e. The number of aromatic nitrogens is 3. The highest BCUT2D eigenvalue weighted by Crippen LogP contribution is 2.29. The van der Waals surface area contributed by atoms with Gasteiger partial charge in [0.1, 0.15) is 12.1 Å². The van der Waals surface area contributed by atoms with Crippen LogP contribution in [0.1, 0.15) is 72.3 Å². The van der Waals surface area contributed by atoms with Crippen LogP contribution in [-0.4, -0.2) is 64.0 Å². The van der Waals surface area contributed by atoms with Crippen molar-refractivity contribution in [2.24, 2.45) is 17.6 Å². The van der Waals surface area contributed by atoms with Gasteiger partial charge >= 0.3 is 0 Å². The van der Waals surface area contributed by atoms with Gasteiger partial charge in [-0.15, -0.1) is 0 Å². The van der Waals surface area contributed by atoms with Gasteiger partial charge in [0.25, 0.3) is 12.3 Å². The third-order valence-electron chi connectivity index (χ3n) is 10.1. The number of H-pyrrole nitrogens is 1. The summed E-state index contributed by atoms with van der Waals surface area (Å²) in [7, 11) is 0. The van der Waals surface area contributed by atoms with Crippen LogP contribution >= 0.6 is 0 Å². The molecule has 2 atom stereocenters. The molecule has 1 saturated carbocycles. The minimum absolute atomic E-state index is 0.167. The van der Waals surface area contributed by atoms with Gasteiger partial charge < -0.3 is 27.0 Å². The lowest BCUT2D eigenvalue weighted by Gasteiger charge is -2.28. The Kier molecular flexibility index (Phi) is 11.9. The van der Waals surface area contributed by atoms with Gasteiger partial charge in [-0.3, -0.25) is 24.3 Å². The molecule has 0 bridgehead atoms. The molecule has 1 aliphatic heterocycles. The van der Waals surface area contributed by atoms with Crippen molar-refractivity contribution >= 4 is 29.3 Å². The Morgan fingerprint density at radius 2 is 1.66 bits per heavy atom. The SMILES string of the molecule is Cc1cc(C(=O)NC2CCCNC2=O)ccc1-c1ccc(CC(NC(=O)[C@H]2CC[C@H](CN)CC2)C(=O)Nc2ccc(-c3nc(C(F)F)n[nH]3)cc2)cc1. The van der Waals surface area contributed by atoms with Crippen molar-refractivity contribution in [1.82, 2.24) is 31.1 Å². The van der Waals surface area contributed by atoms with E-state index in [9.17, 15) is 28.0 Å². The molecule has 3 aromatic carbocycles. The average molecular weight is 727 g/mol. The number of anilines is 1. The number of piperidine rings is 1. The molecule has 1 aromatic heterocycles. The summed E-state index contributed by atoms with van der Waals surface area (Å²) in [5.74, 6) is -1.26. The van der Waals surface area contributed by atoms with E-state index >= 15 is 0 Å². The molecule has 53 heavy (non-hydrogen) atoms. The number of aromatic amines is 1. The average Bonchev–Trinajstić information content (AvgIpc) is 3.67. The van der Waals surface area contributed by atoms with Gasteiger partial charge in [-0.05, 0) is 117 Å². The molecule has 2 heterocycles. The molecule has 0 radical (unpaired) electrons. The Hall–Kier alpha value is -5.50. The summed E-state index contributed by atoms with van der Waals surface area (Å²) in [6, 6.07) is 18.2. The van der Waals surface area contributed by atoms with Gasteiger partial charge in [0.15, 0.2) is 5.82 Å². The zero-order chi connectivity index (χ0) is 37.5. The summed E-state index contributed by atoms with van der Waals surface area (Å²) in [6.07, 6.45) is 2.01. The lowest BCUT2D eigenvalue weighted by atomic mass is 9.81. The number of carbonyl (C=O) groups is 4. The maximum Gasteiger partial charge on any atom is 0.299 e. The minimum Gasteiger partial charge on any atom is -0.354 e. The number of nitrogens with one attached hydrogen (secondary N) is 5. The molecule has 2 aliphatic rings. The van der Waals surface area contributed by atoms with Crippen molar-refractivity contribution in [1.29, 1.82) is 0 Å². The Bertz CT molecular complexity index is 1920. The molecule has 4 amide bonds. The first-order chi connectivity index (χ1) is 25.6. The number of benzene rings is 3. The van der Waals surface area contributed by atoms with E-state index in [0.29, 0.717) is 55.1 Å². The monoisotopic (exact) mass is 726 g/mol. The molecule has 2 fully saturated rings. The van der Waals surface area contributed by atoms with E-state index in [0.717, 1.165) is 41.5 Å². The lowest BCUT2D eigenvalue weighted by Crippen LogP contribution is -2.50. The number of nitrogens with zero attached hydrogens (tertiary/aromatic N) is 2. The number of aryl methyl sites for hydroxylation is 1. The molecule has 1 aliphatic carbocycles. The van der Waals surface area contributed by atoms with Gasteiger partial charge in [0, 0.05) is 35.7 Å². The summed E-state index contributed by atoms with van der Waals surface area (Å²) in [5.41, 5.74) is 10.9. The highest BCUT2D eigenvalue weighted by atomic mass is 19.3. The van der Waals surface area contributed by atoms with E-state index in [4.69, 9.17) is 5.73 Å². The molecule has 6 rings (SSSR count). The summed E-state index contributed by atoms with van der Waals surface area (Å²) in [6.45, 7) is 3.13. The van der Waals surface area contributed by atoms with Crippen molar-refractivity contribution in [3.8, 4) is 22.5 Å². The van der Waals surface area contributed by atoms with Crippen LogP contribution in [0.4, 0.5) is 14.5 Å². The number of nitrogens with two attached hydrogens (primary N) is 1. The molecule has 4 aromatic rings. The van der Waals surface area contributed by atoms with Gasteiger partial charge in [0.2, 0.25) is 23.5 Å². The van der Waals surface area contributed by atoms with Gasteiger partial charge in [-0.2, -0.15) is 5.10 Å². The van der Waals surface area contributed by atoms with Crippen LogP contribution in [-0.2, 0) is 20.8 Å². The maximum atomic E-state index is 13.7. The highest BCUT2D eigenvalue weighted by molar-refractivity contribution is 5.99. The predicted octanol–water partition coefficient (Wildman–Crippen LogP) is 4.82. The topological polar surface area (TPSA) is 184 Å². The van der Waals surface area contributed by atoms with E-state index in [1.807, 2.05) is 37.3 Å². The van der Waals surface area contributed by atoms with Crippen molar-refractivity contribution in [3.05, 3.63) is 89.2 Å². The largest absolute Gasteiger partial charge is 0.354 e. The minimum atomic E-state index is -2.80. The van der Waals surface area contributed by atoms with Crippen LogP contribution in [0.2, 0.25) is 0 Å². The fourth-order valence-corrected chi connectivity index (χ4v) is 6.94. The standard InChI is InChI=1S/C39H44F2N8O4/c1-22-19-28(37(51)45-31-3-2-18-43-38(31)52)14-17-30(22)25-8-4-23(5-9-25)20-32(46-36(50)27-10-6-24(21-42)7-11-27)39(53)44-29-15-12-26(13-16-29)34-47-35(33(40)41)49-48-34/h4-5,8-9,12-17,19,24,27,31-33H,2-3,6-7,10-11,18,20-21,42H2,1H3,(H,43,52)(H,44,53)(H,45,51)(H,46,50)(H,47,48,49)/t24-,27-,31?,32?. The Labute approximate surface area is 306 Å². The second kappa shape index (κ2) is 16.9. The van der Waals surface area contributed by atoms with E-state index in [1.165, 1.54) is 0 Å². The van der Waals surface area contributed by atoms with E-state index in [-0.39, 0.29) is 35.9 Å². The third kappa shape index (κ3) is 9.30. The lowest BCUT2D eigenvalue weighted by molar-refractivity contribution is -0.130. The zero-order valence-electron chi connectivity index (χ0n) is 29.5. The Morgan fingerprint density at radius 3 is 2.30 bits per heavy atom. The molecule has 7 N–H and O–H groups in total. The fourth-order valence-electron chi connectivity index (χ4n) is 6.94. The first-order valence-corrected chi connectivity index (χ1v) is 18.0. The van der Waals surface area contributed by atoms with Crippen molar-refractivity contribution in [2.75, 3.05) is 18.4 Å². The third-order valence-corrected chi connectivity index (χ3v) is 10.1. The van der Waals surface area contributed by atoms with Crippen LogP contribution in [0.5, 0.6) is 0 Å². The summed E-state index contributed by atoms with van der Waals surface area (Å²) in [4.78, 5) is 56.0. The maximum absolute atomic E-state index is 13.7. The molecule has 278 valence electrons. The number of hydrogen-bond donors (Lipinski definition) is 6. The van der Waals surface area contributed by atoms with E-state index in [2.05, 4.69) is 36.4 Å². The number of hydrogen-bond acceptors (Lipinski definition) is 7. The van der Waals surface area contributed by atoms with Crippen LogP contribution < -0.4 is 27.0 Å². The van der Waals surface area contributed by atoms with E-state index in [1.54, 1.807) is 36.4 Å². The van der Waals surface area contributed by atoms with Crippen molar-refractivity contribution < 1.29 is 28.0 Å². The first-order valence-electron chi connectivity index (χ1n) is 18.0. The van der Waals surface area contributed by atoms with Crippen molar-refractivity contribution in [2.45, 2.75) is 70.4 Å². The molecular weight excluding hydrogens is 682 g/mol. The van der Waals surface area contributed by atoms with E-state index < -0.39 is 30.2 Å². The summed E-state index contributed by atoms with van der Waals surface area (Å²) < 4.78 is 25.9. The quantitative estimate of drug-likeness (QED) is 0.121. The van der Waals surface area contributed by atoms with Crippen LogP contribution in [0.25, 0.3) is 22.5 Å². The molecule has 2 unspecified atom stereocenters. The number of carbonyl (C=O) groups excluding carboxylic acids is 4. The highest BCUT2D eigenvalue weighted by Gasteiger charge is 2.30. The zero-order valence-corrected chi connectivity index (χ0v) is 29.5. The van der Waals surface area contributed by atoms with Crippen LogP contribution in [0, 0.1) is 18.8 Å².